The molecule has 1 heterocycles. The summed E-state index contributed by atoms with van der Waals surface area (Å²) < 4.78 is 0. The number of likely N-dealkylation sites (tertiary alicyclic amines) is 1. The zero-order chi connectivity index (χ0) is 18.4. The van der Waals surface area contributed by atoms with Gasteiger partial charge in [-0.05, 0) is 60.7 Å². The molecule has 0 saturated carbocycles. The quantitative estimate of drug-likeness (QED) is 0.816. The molecule has 26 heavy (non-hydrogen) atoms. The summed E-state index contributed by atoms with van der Waals surface area (Å²) >= 11 is 6.06. The van der Waals surface area contributed by atoms with E-state index >= 15 is 0 Å². The van der Waals surface area contributed by atoms with E-state index in [0.717, 1.165) is 43.6 Å². The number of aliphatic hydroxyl groups is 1. The Hall–Kier alpha value is -1.88. The molecule has 0 aliphatic carbocycles. The molecule has 2 N–H and O–H groups in total. The minimum Gasteiger partial charge on any atom is -0.396 e. The van der Waals surface area contributed by atoms with Crippen molar-refractivity contribution < 1.29 is 9.90 Å². The molecule has 138 valence electrons. The minimum atomic E-state index is -0.0652. The third kappa shape index (κ3) is 5.07. The van der Waals surface area contributed by atoms with Crippen LogP contribution in [0.5, 0.6) is 0 Å². The number of piperidine rings is 1. The second-order valence-electron chi connectivity index (χ2n) is 6.84. The lowest BCUT2D eigenvalue weighted by Crippen LogP contribution is -2.41. The topological polar surface area (TPSA) is 52.6 Å². The van der Waals surface area contributed by atoms with Gasteiger partial charge in [0.05, 0.1) is 0 Å². The molecule has 3 rings (SSSR count). The fourth-order valence-corrected chi connectivity index (χ4v) is 3.63. The molecule has 1 aliphatic rings. The highest BCUT2D eigenvalue weighted by molar-refractivity contribution is 6.30. The number of halogens is 1. The van der Waals surface area contributed by atoms with Crippen molar-refractivity contribution >= 4 is 17.5 Å². The predicted octanol–water partition coefficient (Wildman–Crippen LogP) is 3.44. The Kier molecular flexibility index (Phi) is 6.67. The van der Waals surface area contributed by atoms with Gasteiger partial charge in [-0.3, -0.25) is 4.79 Å². The van der Waals surface area contributed by atoms with Gasteiger partial charge in [-0.2, -0.15) is 0 Å². The summed E-state index contributed by atoms with van der Waals surface area (Å²) in [4.78, 5) is 14.8. The Labute approximate surface area is 159 Å². The van der Waals surface area contributed by atoms with Crippen LogP contribution in [-0.4, -0.2) is 48.7 Å². The molecule has 4 nitrogen and oxygen atoms in total. The van der Waals surface area contributed by atoms with E-state index in [1.807, 2.05) is 48.5 Å². The zero-order valence-corrected chi connectivity index (χ0v) is 15.6. The lowest BCUT2D eigenvalue weighted by molar-refractivity contribution is 0.0930. The summed E-state index contributed by atoms with van der Waals surface area (Å²) in [5.74, 6) is 0.304. The van der Waals surface area contributed by atoms with Gasteiger partial charge in [-0.25, -0.2) is 0 Å². The largest absolute Gasteiger partial charge is 0.396 e. The molecule has 1 saturated heterocycles. The standard InChI is InChI=1S/C21H25ClN2O2/c22-20-8-2-6-18(13-20)17-5-1-7-19(12-17)21(26)23-9-11-24-10-3-4-16(14-24)15-25/h1-2,5-8,12-13,16,25H,3-4,9-11,14-15H2,(H,23,26)/t16-/m1/s1. The van der Waals surface area contributed by atoms with E-state index in [2.05, 4.69) is 10.2 Å². The highest BCUT2D eigenvalue weighted by Gasteiger charge is 2.18. The maximum atomic E-state index is 12.5. The van der Waals surface area contributed by atoms with Crippen LogP contribution in [0.4, 0.5) is 0 Å². The Morgan fingerprint density at radius 2 is 1.96 bits per heavy atom. The maximum absolute atomic E-state index is 12.5. The fraction of sp³-hybridized carbons (Fsp3) is 0.381. The van der Waals surface area contributed by atoms with Crippen molar-refractivity contribution in [3.8, 4) is 11.1 Å². The first-order valence-corrected chi connectivity index (χ1v) is 9.51. The van der Waals surface area contributed by atoms with Crippen LogP contribution >= 0.6 is 11.6 Å². The van der Waals surface area contributed by atoms with Gasteiger partial charge in [0.25, 0.3) is 5.91 Å². The Balaban J connectivity index is 1.56. The van der Waals surface area contributed by atoms with Crippen LogP contribution in [0.3, 0.4) is 0 Å². The molecule has 2 aromatic carbocycles. The van der Waals surface area contributed by atoms with Crippen LogP contribution in [0.2, 0.25) is 5.02 Å². The van der Waals surface area contributed by atoms with Crippen molar-refractivity contribution in [3.63, 3.8) is 0 Å². The Bertz CT molecular complexity index is 750. The van der Waals surface area contributed by atoms with Crippen LogP contribution in [0.25, 0.3) is 11.1 Å². The first-order chi connectivity index (χ1) is 12.7. The van der Waals surface area contributed by atoms with E-state index in [9.17, 15) is 9.90 Å². The molecule has 0 radical (unpaired) electrons. The van der Waals surface area contributed by atoms with E-state index in [0.29, 0.717) is 23.0 Å². The van der Waals surface area contributed by atoms with E-state index in [4.69, 9.17) is 11.6 Å². The van der Waals surface area contributed by atoms with Crippen molar-refractivity contribution in [1.82, 2.24) is 10.2 Å². The summed E-state index contributed by atoms with van der Waals surface area (Å²) in [5.41, 5.74) is 2.62. The lowest BCUT2D eigenvalue weighted by atomic mass is 9.99. The molecule has 0 spiro atoms. The maximum Gasteiger partial charge on any atom is 0.251 e. The third-order valence-corrected chi connectivity index (χ3v) is 5.09. The molecule has 1 fully saturated rings. The number of carbonyl (C=O) groups excluding carboxylic acids is 1. The highest BCUT2D eigenvalue weighted by atomic mass is 35.5. The molecule has 5 heteroatoms. The second kappa shape index (κ2) is 9.17. The highest BCUT2D eigenvalue weighted by Crippen LogP contribution is 2.23. The number of hydrogen-bond acceptors (Lipinski definition) is 3. The van der Waals surface area contributed by atoms with Gasteiger partial charge < -0.3 is 15.3 Å². The first-order valence-electron chi connectivity index (χ1n) is 9.13. The first kappa shape index (κ1) is 18.9. The predicted molar refractivity (Wildman–Crippen MR) is 105 cm³/mol. The third-order valence-electron chi connectivity index (χ3n) is 4.86. The molecule has 0 unspecified atom stereocenters. The number of rotatable bonds is 6. The molecular weight excluding hydrogens is 348 g/mol. The molecule has 0 bridgehead atoms. The van der Waals surface area contributed by atoms with Crippen molar-refractivity contribution in [2.24, 2.45) is 5.92 Å². The average molecular weight is 373 g/mol. The lowest BCUT2D eigenvalue weighted by Gasteiger charge is -2.31. The van der Waals surface area contributed by atoms with E-state index < -0.39 is 0 Å². The van der Waals surface area contributed by atoms with Crippen LogP contribution in [-0.2, 0) is 0 Å². The summed E-state index contributed by atoms with van der Waals surface area (Å²) in [5, 5.41) is 13.0. The van der Waals surface area contributed by atoms with E-state index in [1.54, 1.807) is 0 Å². The molecule has 1 atom stereocenters. The number of amides is 1. The van der Waals surface area contributed by atoms with Crippen molar-refractivity contribution in [2.45, 2.75) is 12.8 Å². The van der Waals surface area contributed by atoms with Crippen LogP contribution < -0.4 is 5.32 Å². The van der Waals surface area contributed by atoms with Crippen LogP contribution in [0.15, 0.2) is 48.5 Å². The number of aliphatic hydroxyl groups excluding tert-OH is 1. The van der Waals surface area contributed by atoms with Gasteiger partial charge in [0, 0.05) is 36.8 Å². The van der Waals surface area contributed by atoms with Gasteiger partial charge in [-0.15, -0.1) is 0 Å². The van der Waals surface area contributed by atoms with E-state index in [-0.39, 0.29) is 12.5 Å². The molecule has 0 aromatic heterocycles. The van der Waals surface area contributed by atoms with Crippen molar-refractivity contribution in [2.75, 3.05) is 32.8 Å². The second-order valence-corrected chi connectivity index (χ2v) is 7.27. The summed E-state index contributed by atoms with van der Waals surface area (Å²) in [6.45, 7) is 3.63. The van der Waals surface area contributed by atoms with Gasteiger partial charge in [-0.1, -0.05) is 35.9 Å². The Morgan fingerprint density at radius 3 is 2.73 bits per heavy atom. The molecule has 1 amide bonds. The number of benzene rings is 2. The molecule has 1 aliphatic heterocycles. The summed E-state index contributed by atoms with van der Waals surface area (Å²) in [6, 6.07) is 15.2. The minimum absolute atomic E-state index is 0.0652. The SMILES string of the molecule is O=C(NCCN1CCC[C@@H](CO)C1)c1cccc(-c2cccc(Cl)c2)c1. The number of hydrogen-bond donors (Lipinski definition) is 2. The monoisotopic (exact) mass is 372 g/mol. The zero-order valence-electron chi connectivity index (χ0n) is 14.8. The van der Waals surface area contributed by atoms with Gasteiger partial charge in [0.15, 0.2) is 0 Å². The fourth-order valence-electron chi connectivity index (χ4n) is 3.44. The number of nitrogens with one attached hydrogen (secondary N) is 1. The molecule has 2 aromatic rings. The smallest absolute Gasteiger partial charge is 0.251 e. The van der Waals surface area contributed by atoms with Gasteiger partial charge in [0.2, 0.25) is 0 Å². The van der Waals surface area contributed by atoms with Crippen molar-refractivity contribution in [3.05, 3.63) is 59.1 Å². The van der Waals surface area contributed by atoms with Gasteiger partial charge in [0.1, 0.15) is 0 Å². The summed E-state index contributed by atoms with van der Waals surface area (Å²) in [6.07, 6.45) is 2.20. The Morgan fingerprint density at radius 1 is 1.19 bits per heavy atom. The van der Waals surface area contributed by atoms with E-state index in [1.165, 1.54) is 0 Å². The number of carbonyl (C=O) groups is 1. The summed E-state index contributed by atoms with van der Waals surface area (Å²) in [7, 11) is 0. The van der Waals surface area contributed by atoms with Crippen LogP contribution in [0.1, 0.15) is 23.2 Å². The van der Waals surface area contributed by atoms with Gasteiger partial charge >= 0.3 is 0 Å². The van der Waals surface area contributed by atoms with Crippen molar-refractivity contribution in [1.29, 1.82) is 0 Å². The normalized spacial score (nSPS) is 17.8. The van der Waals surface area contributed by atoms with Crippen LogP contribution in [0, 0.1) is 5.92 Å². The molecular formula is C21H25ClN2O2. The number of nitrogens with zero attached hydrogens (tertiary/aromatic N) is 1. The average Bonchev–Trinajstić information content (AvgIpc) is 2.68.